The largest absolute Gasteiger partial charge is 0.295 e. The Morgan fingerprint density at radius 3 is 2.04 bits per heavy atom. The number of nitrogens with zero attached hydrogens (tertiary/aromatic N) is 3. The average molecular weight is 322 g/mol. The minimum Gasteiger partial charge on any atom is -0.295 e. The smallest absolute Gasteiger partial charge is 0.236 e. The van der Waals surface area contributed by atoms with Crippen molar-refractivity contribution in [3.05, 3.63) is 87.9 Å². The van der Waals surface area contributed by atoms with E-state index in [0.29, 0.717) is 13.0 Å². The molecular weight excluding hydrogens is 306 g/mol. The van der Waals surface area contributed by atoms with Gasteiger partial charge in [-0.1, -0.05) is 66.2 Å². The molecule has 122 valence electrons. The molecule has 2 saturated heterocycles. The normalized spacial score (nSPS) is 23.6. The quantitative estimate of drug-likeness (QED) is 0.495. The molecule has 0 aliphatic carbocycles. The number of rotatable bonds is 3. The van der Waals surface area contributed by atoms with Crippen molar-refractivity contribution < 1.29 is 9.72 Å². The number of carbonyl (C=O) groups is 1. The van der Waals surface area contributed by atoms with Gasteiger partial charge in [-0.15, -0.1) is 4.92 Å². The van der Waals surface area contributed by atoms with Crippen LogP contribution in [0.2, 0.25) is 0 Å². The topological polar surface area (TPSA) is 66.7 Å². The first kappa shape index (κ1) is 14.7. The number of fused-ring (bicyclic) bond motifs is 1. The van der Waals surface area contributed by atoms with Gasteiger partial charge in [-0.05, 0) is 5.56 Å². The van der Waals surface area contributed by atoms with Gasteiger partial charge in [-0.2, -0.15) is 0 Å². The summed E-state index contributed by atoms with van der Waals surface area (Å²) in [5.41, 5.74) is 1.60. The van der Waals surface area contributed by atoms with Crippen molar-refractivity contribution in [1.82, 2.24) is 10.0 Å². The van der Waals surface area contributed by atoms with Gasteiger partial charge in [-0.3, -0.25) is 19.9 Å². The number of hydrogen-bond acceptors (Lipinski definition) is 4. The Bertz CT molecular complexity index is 766. The third-order valence-corrected chi connectivity index (χ3v) is 4.63. The predicted molar refractivity (Wildman–Crippen MR) is 86.8 cm³/mol. The molecule has 4 rings (SSSR count). The Kier molecular flexibility index (Phi) is 3.46. The molecule has 2 aliphatic heterocycles. The molecule has 2 heterocycles. The Morgan fingerprint density at radius 1 is 0.958 bits per heavy atom. The molecule has 0 radical (unpaired) electrons. The van der Waals surface area contributed by atoms with Crippen LogP contribution >= 0.6 is 0 Å². The van der Waals surface area contributed by atoms with E-state index >= 15 is 0 Å². The van der Waals surface area contributed by atoms with Crippen LogP contribution < -0.4 is 0 Å². The van der Waals surface area contributed by atoms with Crippen molar-refractivity contribution in [3.63, 3.8) is 0 Å². The van der Waals surface area contributed by atoms with E-state index in [4.69, 9.17) is 0 Å². The van der Waals surface area contributed by atoms with E-state index in [1.165, 1.54) is 0 Å². The van der Waals surface area contributed by atoms with E-state index in [-0.39, 0.29) is 16.9 Å². The van der Waals surface area contributed by atoms with Gasteiger partial charge < -0.3 is 0 Å². The van der Waals surface area contributed by atoms with Crippen LogP contribution in [0, 0.1) is 16.2 Å². The number of benzene rings is 2. The van der Waals surface area contributed by atoms with Crippen LogP contribution in [-0.2, 0) is 4.79 Å². The number of hydrazine groups is 1. The second-order valence-electron chi connectivity index (χ2n) is 5.96. The van der Waals surface area contributed by atoms with Crippen LogP contribution in [0.4, 0.5) is 0 Å². The minimum absolute atomic E-state index is 0.0679. The molecule has 0 spiro atoms. The molecule has 2 aromatic rings. The van der Waals surface area contributed by atoms with E-state index in [1.54, 1.807) is 5.01 Å². The molecule has 0 saturated carbocycles. The van der Waals surface area contributed by atoms with Crippen molar-refractivity contribution in [2.45, 2.75) is 18.5 Å². The molecule has 2 fully saturated rings. The molecule has 2 aliphatic rings. The third kappa shape index (κ3) is 2.15. The molecule has 0 bridgehead atoms. The first-order chi connectivity index (χ1) is 11.7. The highest BCUT2D eigenvalue weighted by Crippen LogP contribution is 2.52. The Balaban J connectivity index is 1.86. The Hall–Kier alpha value is -2.86. The SMILES string of the molecule is O=C1CCN2[C@H](c3ccccc3)[C-]([N+](=O)[O-])C(c3ccccc3)N12. The minimum atomic E-state index is -0.651. The predicted octanol–water partition coefficient (Wildman–Crippen LogP) is 2.74. The summed E-state index contributed by atoms with van der Waals surface area (Å²) < 4.78 is 0. The van der Waals surface area contributed by atoms with Crippen LogP contribution in [0.25, 0.3) is 0 Å². The maximum atomic E-state index is 12.4. The second-order valence-corrected chi connectivity index (χ2v) is 5.96. The molecular formula is C18H16N3O3-. The lowest BCUT2D eigenvalue weighted by Gasteiger charge is -2.30. The van der Waals surface area contributed by atoms with Crippen molar-refractivity contribution in [3.8, 4) is 0 Å². The summed E-state index contributed by atoms with van der Waals surface area (Å²) in [6, 6.07) is 17.6. The van der Waals surface area contributed by atoms with Gasteiger partial charge in [0, 0.05) is 31.1 Å². The molecule has 1 amide bonds. The summed E-state index contributed by atoms with van der Waals surface area (Å²) in [6.07, 6.45) is 0.387. The highest BCUT2D eigenvalue weighted by atomic mass is 16.6. The average Bonchev–Trinajstić information content (AvgIpc) is 3.14. The van der Waals surface area contributed by atoms with Gasteiger partial charge >= 0.3 is 0 Å². The Labute approximate surface area is 139 Å². The second kappa shape index (κ2) is 5.65. The van der Waals surface area contributed by atoms with Gasteiger partial charge in [0.15, 0.2) is 0 Å². The van der Waals surface area contributed by atoms with Crippen molar-refractivity contribution in [1.29, 1.82) is 0 Å². The molecule has 6 nitrogen and oxygen atoms in total. The maximum Gasteiger partial charge on any atom is 0.236 e. The van der Waals surface area contributed by atoms with Crippen LogP contribution in [0.1, 0.15) is 29.6 Å². The summed E-state index contributed by atoms with van der Waals surface area (Å²) in [4.78, 5) is 24.0. The molecule has 0 aromatic heterocycles. The third-order valence-electron chi connectivity index (χ3n) is 4.63. The first-order valence-corrected chi connectivity index (χ1v) is 7.88. The Morgan fingerprint density at radius 2 is 1.50 bits per heavy atom. The van der Waals surface area contributed by atoms with Gasteiger partial charge in [0.05, 0.1) is 0 Å². The number of amides is 1. The molecule has 24 heavy (non-hydrogen) atoms. The number of nitro groups is 1. The fraction of sp³-hybridized carbons (Fsp3) is 0.222. The van der Waals surface area contributed by atoms with E-state index in [0.717, 1.165) is 11.1 Å². The molecule has 6 heteroatoms. The maximum absolute atomic E-state index is 12.4. The highest BCUT2D eigenvalue weighted by molar-refractivity contribution is 5.79. The number of hydrogen-bond donors (Lipinski definition) is 0. The van der Waals surface area contributed by atoms with Gasteiger partial charge in [-0.25, -0.2) is 5.01 Å². The molecule has 0 N–H and O–H groups in total. The first-order valence-electron chi connectivity index (χ1n) is 7.88. The zero-order chi connectivity index (χ0) is 16.7. The zero-order valence-corrected chi connectivity index (χ0v) is 12.9. The lowest BCUT2D eigenvalue weighted by Crippen LogP contribution is -2.35. The van der Waals surface area contributed by atoms with E-state index < -0.39 is 12.1 Å². The monoisotopic (exact) mass is 322 g/mol. The summed E-state index contributed by atoms with van der Waals surface area (Å²) >= 11 is 0. The van der Waals surface area contributed by atoms with Gasteiger partial charge in [0.1, 0.15) is 0 Å². The lowest BCUT2D eigenvalue weighted by molar-refractivity contribution is -0.474. The van der Waals surface area contributed by atoms with Crippen LogP contribution in [0.3, 0.4) is 0 Å². The lowest BCUT2D eigenvalue weighted by atomic mass is 9.91. The standard InChI is InChI=1S/C18H16N3O3/c22-15-11-12-19-16(13-7-3-1-4-8-13)18(21(23)24)17(20(15)19)14-9-5-2-6-10-14/h1-10,16-17H,11-12H2/q-1/t16-,17?/m1/s1. The summed E-state index contributed by atoms with van der Waals surface area (Å²) in [6.45, 7) is 0.499. The molecule has 1 unspecified atom stereocenters. The fourth-order valence-corrected chi connectivity index (χ4v) is 3.67. The van der Waals surface area contributed by atoms with E-state index in [9.17, 15) is 14.9 Å². The van der Waals surface area contributed by atoms with Crippen LogP contribution in [0.5, 0.6) is 0 Å². The summed E-state index contributed by atoms with van der Waals surface area (Å²) in [5, 5.41) is 15.3. The summed E-state index contributed by atoms with van der Waals surface area (Å²) in [7, 11) is 0. The van der Waals surface area contributed by atoms with Crippen LogP contribution in [0.15, 0.2) is 60.7 Å². The molecule has 2 aromatic carbocycles. The van der Waals surface area contributed by atoms with Crippen LogP contribution in [-0.4, -0.2) is 27.4 Å². The van der Waals surface area contributed by atoms with E-state index in [1.807, 2.05) is 65.7 Å². The van der Waals surface area contributed by atoms with E-state index in [2.05, 4.69) is 0 Å². The van der Waals surface area contributed by atoms with Crippen molar-refractivity contribution >= 4 is 5.91 Å². The zero-order valence-electron chi connectivity index (χ0n) is 12.9. The van der Waals surface area contributed by atoms with Gasteiger partial charge in [0.25, 0.3) is 0 Å². The van der Waals surface area contributed by atoms with Crippen molar-refractivity contribution in [2.75, 3.05) is 6.54 Å². The number of carbonyl (C=O) groups excluding carboxylic acids is 1. The molecule has 2 atom stereocenters. The van der Waals surface area contributed by atoms with Crippen molar-refractivity contribution in [2.24, 2.45) is 0 Å². The highest BCUT2D eigenvalue weighted by Gasteiger charge is 2.50. The fourth-order valence-electron chi connectivity index (χ4n) is 3.67. The summed E-state index contributed by atoms with van der Waals surface area (Å²) in [5.74, 6) is -0.0679. The van der Waals surface area contributed by atoms with Gasteiger partial charge in [0.2, 0.25) is 5.91 Å².